The maximum absolute atomic E-state index is 11.4. The van der Waals surface area contributed by atoms with Gasteiger partial charge in [0.25, 0.3) is 5.91 Å². The number of hydrogen-bond acceptors (Lipinski definition) is 7. The van der Waals surface area contributed by atoms with Gasteiger partial charge in [-0.15, -0.1) is 0 Å². The highest BCUT2D eigenvalue weighted by molar-refractivity contribution is 5.97. The van der Waals surface area contributed by atoms with Gasteiger partial charge in [-0.05, 0) is 0 Å². The normalized spacial score (nSPS) is 15.2. The molecule has 1 fully saturated rings. The summed E-state index contributed by atoms with van der Waals surface area (Å²) in [6.45, 7) is 2.54. The number of amides is 1. The molecule has 1 aromatic rings. The van der Waals surface area contributed by atoms with Gasteiger partial charge in [-0.25, -0.2) is 0 Å². The molecule has 8 heteroatoms. The average Bonchev–Trinajstić information content (AvgIpc) is 2.46. The molecule has 1 amide bonds. The van der Waals surface area contributed by atoms with E-state index in [1.165, 1.54) is 14.2 Å². The van der Waals surface area contributed by atoms with E-state index in [4.69, 9.17) is 19.9 Å². The number of morpholine rings is 1. The fourth-order valence-corrected chi connectivity index (χ4v) is 1.82. The first kappa shape index (κ1) is 13.3. The standard InChI is InChI=1S/C11H16N4O4/c1-17-9-7(8(12)16)10(18-2)14-11(13-9)15-3-5-19-6-4-15/h3-6H2,1-2H3,(H2,12,16). The van der Waals surface area contributed by atoms with Crippen LogP contribution in [-0.2, 0) is 4.74 Å². The van der Waals surface area contributed by atoms with E-state index >= 15 is 0 Å². The summed E-state index contributed by atoms with van der Waals surface area (Å²) in [5.74, 6) is -0.0362. The molecule has 0 aliphatic carbocycles. The average molecular weight is 268 g/mol. The Morgan fingerprint density at radius 2 is 1.74 bits per heavy atom. The lowest BCUT2D eigenvalue weighted by molar-refractivity contribution is 0.0992. The van der Waals surface area contributed by atoms with E-state index in [0.717, 1.165) is 0 Å². The summed E-state index contributed by atoms with van der Waals surface area (Å²) in [7, 11) is 2.83. The predicted molar refractivity (Wildman–Crippen MR) is 66.7 cm³/mol. The number of carbonyl (C=O) groups is 1. The van der Waals surface area contributed by atoms with Crippen LogP contribution in [0.5, 0.6) is 11.8 Å². The molecule has 1 aliphatic rings. The number of hydrogen-bond donors (Lipinski definition) is 1. The third kappa shape index (κ3) is 2.68. The lowest BCUT2D eigenvalue weighted by Crippen LogP contribution is -2.37. The third-order valence-corrected chi connectivity index (χ3v) is 2.76. The number of methoxy groups -OCH3 is 2. The molecular formula is C11H16N4O4. The highest BCUT2D eigenvalue weighted by atomic mass is 16.5. The molecule has 0 aromatic carbocycles. The van der Waals surface area contributed by atoms with Crippen LogP contribution < -0.4 is 20.1 Å². The number of rotatable bonds is 4. The van der Waals surface area contributed by atoms with Crippen molar-refractivity contribution < 1.29 is 19.0 Å². The Morgan fingerprint density at radius 3 is 2.16 bits per heavy atom. The van der Waals surface area contributed by atoms with Gasteiger partial charge in [0, 0.05) is 13.1 Å². The van der Waals surface area contributed by atoms with Gasteiger partial charge >= 0.3 is 0 Å². The molecule has 0 atom stereocenters. The fourth-order valence-electron chi connectivity index (χ4n) is 1.82. The fraction of sp³-hybridized carbons (Fsp3) is 0.545. The molecule has 1 aliphatic heterocycles. The Balaban J connectivity index is 2.43. The Kier molecular flexibility index (Phi) is 4.00. The molecule has 0 radical (unpaired) electrons. The summed E-state index contributed by atoms with van der Waals surface area (Å²) >= 11 is 0. The van der Waals surface area contributed by atoms with Gasteiger partial charge < -0.3 is 24.8 Å². The van der Waals surface area contributed by atoms with Crippen molar-refractivity contribution in [3.8, 4) is 11.8 Å². The molecule has 19 heavy (non-hydrogen) atoms. The van der Waals surface area contributed by atoms with Crippen molar-refractivity contribution in [3.63, 3.8) is 0 Å². The van der Waals surface area contributed by atoms with Crippen LogP contribution >= 0.6 is 0 Å². The van der Waals surface area contributed by atoms with Gasteiger partial charge in [0.05, 0.1) is 27.4 Å². The van der Waals surface area contributed by atoms with Crippen LogP contribution in [0.1, 0.15) is 10.4 Å². The van der Waals surface area contributed by atoms with Gasteiger partial charge in [-0.2, -0.15) is 9.97 Å². The van der Waals surface area contributed by atoms with Crippen molar-refractivity contribution in [1.82, 2.24) is 9.97 Å². The molecule has 1 saturated heterocycles. The summed E-state index contributed by atoms with van der Waals surface area (Å²) in [4.78, 5) is 21.7. The Morgan fingerprint density at radius 1 is 1.21 bits per heavy atom. The van der Waals surface area contributed by atoms with Crippen molar-refractivity contribution in [1.29, 1.82) is 0 Å². The molecule has 104 valence electrons. The summed E-state index contributed by atoms with van der Waals surface area (Å²) in [5.41, 5.74) is 5.33. The minimum absolute atomic E-state index is 0.0435. The maximum atomic E-state index is 11.4. The Hall–Kier alpha value is -2.09. The number of anilines is 1. The van der Waals surface area contributed by atoms with Crippen molar-refractivity contribution in [2.24, 2.45) is 5.73 Å². The Bertz CT molecular complexity index is 449. The molecule has 0 spiro atoms. The molecule has 0 bridgehead atoms. The minimum Gasteiger partial charge on any atom is -0.480 e. The van der Waals surface area contributed by atoms with Gasteiger partial charge in [0.2, 0.25) is 17.7 Å². The topological polar surface area (TPSA) is 99.8 Å². The van der Waals surface area contributed by atoms with Crippen molar-refractivity contribution in [2.45, 2.75) is 0 Å². The number of aromatic nitrogens is 2. The molecule has 0 unspecified atom stereocenters. The quantitative estimate of drug-likeness (QED) is 0.780. The second-order valence-electron chi connectivity index (χ2n) is 3.88. The van der Waals surface area contributed by atoms with Crippen LogP contribution in [0.25, 0.3) is 0 Å². The summed E-state index contributed by atoms with van der Waals surface area (Å²) in [5, 5.41) is 0. The predicted octanol–water partition coefficient (Wildman–Crippen LogP) is -0.571. The smallest absolute Gasteiger partial charge is 0.259 e. The largest absolute Gasteiger partial charge is 0.480 e. The highest BCUT2D eigenvalue weighted by Gasteiger charge is 2.23. The van der Waals surface area contributed by atoms with Crippen molar-refractivity contribution in [2.75, 3.05) is 45.4 Å². The first-order chi connectivity index (χ1) is 9.17. The first-order valence-electron chi connectivity index (χ1n) is 5.80. The summed E-state index contributed by atoms with van der Waals surface area (Å²) < 4.78 is 15.4. The lowest BCUT2D eigenvalue weighted by atomic mass is 10.3. The second kappa shape index (κ2) is 5.70. The Labute approximate surface area is 110 Å². The molecule has 2 rings (SSSR count). The maximum Gasteiger partial charge on any atom is 0.259 e. The second-order valence-corrected chi connectivity index (χ2v) is 3.88. The monoisotopic (exact) mass is 268 g/mol. The number of nitrogens with zero attached hydrogens (tertiary/aromatic N) is 3. The van der Waals surface area contributed by atoms with Crippen LogP contribution in [0.3, 0.4) is 0 Å². The van der Waals surface area contributed by atoms with Crippen LogP contribution in [0.15, 0.2) is 0 Å². The first-order valence-corrected chi connectivity index (χ1v) is 5.80. The molecule has 1 aromatic heterocycles. The number of ether oxygens (including phenoxy) is 3. The molecular weight excluding hydrogens is 252 g/mol. The molecule has 2 heterocycles. The van der Waals surface area contributed by atoms with E-state index in [2.05, 4.69) is 9.97 Å². The van der Waals surface area contributed by atoms with E-state index in [9.17, 15) is 4.79 Å². The van der Waals surface area contributed by atoms with E-state index in [0.29, 0.717) is 32.3 Å². The molecule has 0 saturated carbocycles. The van der Waals surface area contributed by atoms with E-state index in [1.807, 2.05) is 4.90 Å². The van der Waals surface area contributed by atoms with Gasteiger partial charge in [0.1, 0.15) is 0 Å². The van der Waals surface area contributed by atoms with E-state index in [1.54, 1.807) is 0 Å². The van der Waals surface area contributed by atoms with Crippen LogP contribution in [0, 0.1) is 0 Å². The van der Waals surface area contributed by atoms with Crippen molar-refractivity contribution in [3.05, 3.63) is 5.56 Å². The van der Waals surface area contributed by atoms with Crippen molar-refractivity contribution >= 4 is 11.9 Å². The molecule has 8 nitrogen and oxygen atoms in total. The van der Waals surface area contributed by atoms with Crippen LogP contribution in [-0.4, -0.2) is 56.4 Å². The SMILES string of the molecule is COc1nc(N2CCOCC2)nc(OC)c1C(N)=O. The third-order valence-electron chi connectivity index (χ3n) is 2.76. The zero-order chi connectivity index (χ0) is 13.8. The minimum atomic E-state index is -0.692. The van der Waals surface area contributed by atoms with Gasteiger partial charge in [0.15, 0.2) is 5.56 Å². The number of carbonyl (C=O) groups excluding carboxylic acids is 1. The molecule has 2 N–H and O–H groups in total. The van der Waals surface area contributed by atoms with Gasteiger partial charge in [-0.3, -0.25) is 4.79 Å². The van der Waals surface area contributed by atoms with Gasteiger partial charge in [-0.1, -0.05) is 0 Å². The zero-order valence-electron chi connectivity index (χ0n) is 10.9. The van der Waals surface area contributed by atoms with E-state index < -0.39 is 5.91 Å². The number of nitrogens with two attached hydrogens (primary N) is 1. The van der Waals surface area contributed by atoms with Crippen LogP contribution in [0.2, 0.25) is 0 Å². The number of primary amides is 1. The van der Waals surface area contributed by atoms with Crippen LogP contribution in [0.4, 0.5) is 5.95 Å². The summed E-state index contributed by atoms with van der Waals surface area (Å²) in [6.07, 6.45) is 0. The zero-order valence-corrected chi connectivity index (χ0v) is 10.9. The lowest BCUT2D eigenvalue weighted by Gasteiger charge is -2.27. The van der Waals surface area contributed by atoms with E-state index in [-0.39, 0.29) is 17.3 Å². The summed E-state index contributed by atoms with van der Waals surface area (Å²) in [6, 6.07) is 0. The highest BCUT2D eigenvalue weighted by Crippen LogP contribution is 2.27.